The first-order chi connectivity index (χ1) is 19.6. The van der Waals surface area contributed by atoms with Gasteiger partial charge < -0.3 is 33.7 Å². The van der Waals surface area contributed by atoms with Crippen molar-refractivity contribution in [3.8, 4) is 0 Å². The summed E-state index contributed by atoms with van der Waals surface area (Å²) in [5, 5.41) is 2.79. The van der Waals surface area contributed by atoms with E-state index in [1.807, 2.05) is 0 Å². The van der Waals surface area contributed by atoms with Crippen LogP contribution in [0.15, 0.2) is 0 Å². The zero-order chi connectivity index (χ0) is 30.6. The number of amides is 1. The van der Waals surface area contributed by atoms with Crippen molar-refractivity contribution in [3.05, 3.63) is 0 Å². The van der Waals surface area contributed by atoms with E-state index in [4.69, 9.17) is 9.47 Å². The Morgan fingerprint density at radius 3 is 1.51 bits per heavy atom. The molecule has 0 bridgehead atoms. The summed E-state index contributed by atoms with van der Waals surface area (Å²) in [6.45, 7) is 3.43. The van der Waals surface area contributed by atoms with Crippen LogP contribution in [0.5, 0.6) is 0 Å². The molecule has 0 heterocycles. The van der Waals surface area contributed by atoms with E-state index in [0.717, 1.165) is 77.2 Å². The number of rotatable bonds is 29. The van der Waals surface area contributed by atoms with Crippen molar-refractivity contribution in [2.24, 2.45) is 0 Å². The fourth-order valence-electron chi connectivity index (χ4n) is 4.45. The molecule has 0 aliphatic rings. The Morgan fingerprint density at radius 1 is 0.651 bits per heavy atom. The van der Waals surface area contributed by atoms with Crippen molar-refractivity contribution in [1.82, 2.24) is 5.32 Å². The topological polar surface area (TPSA) is 154 Å². The Balaban J connectivity index is -0.00000800. The Kier molecular flexibility index (Phi) is 37.7. The molecule has 0 saturated carbocycles. The molecule has 10 nitrogen and oxygen atoms in total. The molecular weight excluding hydrogens is 595 g/mol. The second-order valence-corrected chi connectivity index (χ2v) is 12.0. The van der Waals surface area contributed by atoms with Crippen LogP contribution in [-0.4, -0.2) is 43.7 Å². The van der Waals surface area contributed by atoms with Gasteiger partial charge in [0.15, 0.2) is 6.10 Å². The minimum Gasteiger partial charge on any atom is -0.790 e. The van der Waals surface area contributed by atoms with Crippen molar-refractivity contribution in [2.45, 2.75) is 155 Å². The van der Waals surface area contributed by atoms with Gasteiger partial charge in [-0.2, -0.15) is 0 Å². The Labute approximate surface area is 305 Å². The third kappa shape index (κ3) is 38.6. The molecule has 1 amide bonds. The van der Waals surface area contributed by atoms with Crippen LogP contribution >= 0.6 is 7.82 Å². The van der Waals surface area contributed by atoms with Gasteiger partial charge in [0.25, 0.3) is 0 Å². The van der Waals surface area contributed by atoms with Crippen LogP contribution in [0.25, 0.3) is 0 Å². The van der Waals surface area contributed by atoms with Gasteiger partial charge in [0, 0.05) is 26.3 Å². The van der Waals surface area contributed by atoms with Crippen LogP contribution in [0.3, 0.4) is 0 Å². The smallest absolute Gasteiger partial charge is 0.790 e. The van der Waals surface area contributed by atoms with Gasteiger partial charge in [-0.1, -0.05) is 110 Å². The second-order valence-electron chi connectivity index (χ2n) is 10.9. The van der Waals surface area contributed by atoms with Crippen molar-refractivity contribution in [1.29, 1.82) is 0 Å². The van der Waals surface area contributed by atoms with Gasteiger partial charge in [-0.3, -0.25) is 14.4 Å². The number of ether oxygens (including phenoxy) is 2. The van der Waals surface area contributed by atoms with E-state index in [1.54, 1.807) is 0 Å². The van der Waals surface area contributed by atoms with E-state index in [2.05, 4.69) is 16.8 Å². The summed E-state index contributed by atoms with van der Waals surface area (Å²) < 4.78 is 25.5. The Bertz CT molecular complexity index is 726. The van der Waals surface area contributed by atoms with Crippen LogP contribution in [0.1, 0.15) is 149 Å². The Morgan fingerprint density at radius 2 is 1.07 bits per heavy atom. The Hall–Kier alpha value is 0.520. The number of hydrogen-bond donors (Lipinski definition) is 1. The van der Waals surface area contributed by atoms with Gasteiger partial charge in [-0.15, -0.1) is 0 Å². The van der Waals surface area contributed by atoms with E-state index in [-0.39, 0.29) is 84.5 Å². The summed E-state index contributed by atoms with van der Waals surface area (Å²) >= 11 is 0. The predicted octanol–water partition coefficient (Wildman–Crippen LogP) is -0.357. The van der Waals surface area contributed by atoms with Crippen molar-refractivity contribution in [2.75, 3.05) is 19.8 Å². The fourth-order valence-corrected chi connectivity index (χ4v) is 4.80. The zero-order valence-electron chi connectivity index (χ0n) is 27.7. The van der Waals surface area contributed by atoms with Crippen LogP contribution < -0.4 is 74.2 Å². The summed E-state index contributed by atoms with van der Waals surface area (Å²) in [5.74, 6) is -0.989. The summed E-state index contributed by atoms with van der Waals surface area (Å²) in [6, 6.07) is 0. The average molecular weight is 652 g/mol. The average Bonchev–Trinajstić information content (AvgIpc) is 2.91. The SMILES string of the molecule is CCCCCCCCCCCCC(=O)O[C@@H](COC(=O)CCCCCCCCCCCNC(C)=O)COP(=O)([O-])[O-].[Na+].[Na+]. The molecule has 1 atom stereocenters. The molecular formula is C30H56NNa2O9P. The summed E-state index contributed by atoms with van der Waals surface area (Å²) in [6.07, 6.45) is 19.8. The molecule has 242 valence electrons. The van der Waals surface area contributed by atoms with Crippen LogP contribution in [0.2, 0.25) is 0 Å². The van der Waals surface area contributed by atoms with E-state index in [1.165, 1.54) is 45.4 Å². The van der Waals surface area contributed by atoms with Gasteiger partial charge in [-0.05, 0) is 19.3 Å². The molecule has 13 heteroatoms. The summed E-state index contributed by atoms with van der Waals surface area (Å²) in [5.41, 5.74) is 0. The molecule has 0 aromatic carbocycles. The number of carbonyl (C=O) groups is 3. The predicted molar refractivity (Wildman–Crippen MR) is 156 cm³/mol. The molecule has 0 unspecified atom stereocenters. The number of unbranched alkanes of at least 4 members (excludes halogenated alkanes) is 17. The number of hydrogen-bond acceptors (Lipinski definition) is 9. The number of phosphoric ester groups is 1. The zero-order valence-corrected chi connectivity index (χ0v) is 32.6. The van der Waals surface area contributed by atoms with E-state index in [0.29, 0.717) is 12.8 Å². The largest absolute Gasteiger partial charge is 1.00 e. The summed E-state index contributed by atoms with van der Waals surface area (Å²) in [7, 11) is -5.25. The van der Waals surface area contributed by atoms with Crippen molar-refractivity contribution in [3.63, 3.8) is 0 Å². The third-order valence-corrected chi connectivity index (χ3v) is 7.28. The first-order valence-corrected chi connectivity index (χ1v) is 17.4. The molecule has 0 fully saturated rings. The van der Waals surface area contributed by atoms with E-state index < -0.39 is 32.5 Å². The van der Waals surface area contributed by atoms with Crippen LogP contribution in [0, 0.1) is 0 Å². The van der Waals surface area contributed by atoms with Crippen molar-refractivity contribution >= 4 is 25.7 Å². The molecule has 0 aliphatic carbocycles. The minimum atomic E-state index is -5.25. The van der Waals surface area contributed by atoms with E-state index in [9.17, 15) is 28.7 Å². The molecule has 0 radical (unpaired) electrons. The maximum absolute atomic E-state index is 12.2. The number of carbonyl (C=O) groups excluding carboxylic acids is 3. The molecule has 0 saturated heterocycles. The van der Waals surface area contributed by atoms with Gasteiger partial charge in [0.1, 0.15) is 6.61 Å². The second kappa shape index (κ2) is 33.9. The number of esters is 2. The molecule has 0 aromatic rings. The molecule has 0 spiro atoms. The third-order valence-electron chi connectivity index (χ3n) is 6.81. The molecule has 0 aromatic heterocycles. The normalized spacial score (nSPS) is 11.6. The summed E-state index contributed by atoms with van der Waals surface area (Å²) in [4.78, 5) is 56.8. The van der Waals surface area contributed by atoms with E-state index >= 15 is 0 Å². The molecule has 0 rings (SSSR count). The van der Waals surface area contributed by atoms with Gasteiger partial charge in [-0.25, -0.2) is 0 Å². The molecule has 1 N–H and O–H groups in total. The molecule has 0 aliphatic heterocycles. The van der Waals surface area contributed by atoms with Crippen molar-refractivity contribution < 1.29 is 102 Å². The quantitative estimate of drug-likeness (QED) is 0.0495. The first-order valence-electron chi connectivity index (χ1n) is 15.9. The monoisotopic (exact) mass is 651 g/mol. The van der Waals surface area contributed by atoms with Gasteiger partial charge in [0.05, 0.1) is 14.4 Å². The van der Waals surface area contributed by atoms with Crippen LogP contribution in [-0.2, 0) is 32.9 Å². The standard InChI is InChI=1S/C30H58NO9P.2Na/c1-3-4-5-6-7-8-10-14-17-20-23-30(34)40-28(26-39-41(35,36)37)25-38-29(33)22-19-16-13-11-9-12-15-18-21-24-31-27(2)32;;/h28H,3-26H2,1-2H3,(H,31,32)(H2,35,36,37);;/q;2*+1/p-2/t28-;;/m0../s1. The first kappa shape index (κ1) is 47.9. The van der Waals surface area contributed by atoms with Gasteiger partial charge in [0.2, 0.25) is 5.91 Å². The fraction of sp³-hybridized carbons (Fsp3) is 0.900. The maximum Gasteiger partial charge on any atom is 1.00 e. The minimum absolute atomic E-state index is 0. The van der Waals surface area contributed by atoms with Crippen LogP contribution in [0.4, 0.5) is 0 Å². The van der Waals surface area contributed by atoms with Gasteiger partial charge >= 0.3 is 71.1 Å². The maximum atomic E-state index is 12.2. The molecule has 43 heavy (non-hydrogen) atoms. The number of nitrogens with one attached hydrogen (secondary N) is 1. The number of phosphoric acid groups is 1.